The Bertz CT molecular complexity index is 1120. The summed E-state index contributed by atoms with van der Waals surface area (Å²) in [5.41, 5.74) is 1.28. The van der Waals surface area contributed by atoms with Crippen molar-refractivity contribution < 1.29 is 4.74 Å². The maximum Gasteiger partial charge on any atom is 0.267 e. The standard InChI is InChI=1S/C18H15ClN4O2/c1-2-25-13-9-7-12(8-10-13)22-17(24)14-5-3-4-6-15(14)23-16(11-19)20-21-18(22)23/h3-10H,2,11H2,1H3. The van der Waals surface area contributed by atoms with E-state index >= 15 is 0 Å². The van der Waals surface area contributed by atoms with Crippen LogP contribution in [0, 0.1) is 0 Å². The second-order valence-corrected chi connectivity index (χ2v) is 5.74. The Morgan fingerprint density at radius 1 is 1.08 bits per heavy atom. The Morgan fingerprint density at radius 3 is 2.56 bits per heavy atom. The Hall–Kier alpha value is -2.86. The van der Waals surface area contributed by atoms with Gasteiger partial charge < -0.3 is 4.74 Å². The van der Waals surface area contributed by atoms with Gasteiger partial charge in [0.1, 0.15) is 5.75 Å². The lowest BCUT2D eigenvalue weighted by Gasteiger charge is -2.11. The molecule has 0 fully saturated rings. The molecule has 6 nitrogen and oxygen atoms in total. The van der Waals surface area contributed by atoms with Crippen LogP contribution in [0.3, 0.4) is 0 Å². The minimum absolute atomic E-state index is 0.152. The highest BCUT2D eigenvalue weighted by Crippen LogP contribution is 2.20. The van der Waals surface area contributed by atoms with Gasteiger partial charge >= 0.3 is 0 Å². The van der Waals surface area contributed by atoms with Gasteiger partial charge in [-0.15, -0.1) is 21.8 Å². The highest BCUT2D eigenvalue weighted by molar-refractivity contribution is 6.16. The van der Waals surface area contributed by atoms with Crippen molar-refractivity contribution in [2.24, 2.45) is 0 Å². The van der Waals surface area contributed by atoms with Crippen LogP contribution in [0.5, 0.6) is 5.75 Å². The van der Waals surface area contributed by atoms with Crippen LogP contribution in [0.25, 0.3) is 22.4 Å². The molecule has 0 aliphatic heterocycles. The highest BCUT2D eigenvalue weighted by Gasteiger charge is 2.16. The number of benzene rings is 2. The first kappa shape index (κ1) is 15.7. The second kappa shape index (κ2) is 6.22. The molecule has 0 N–H and O–H groups in total. The van der Waals surface area contributed by atoms with Crippen LogP contribution in [-0.4, -0.2) is 25.8 Å². The molecule has 0 atom stereocenters. The van der Waals surface area contributed by atoms with Crippen molar-refractivity contribution in [2.75, 3.05) is 6.61 Å². The van der Waals surface area contributed by atoms with Crippen molar-refractivity contribution in [3.05, 3.63) is 64.7 Å². The van der Waals surface area contributed by atoms with E-state index in [1.807, 2.05) is 53.8 Å². The Kier molecular flexibility index (Phi) is 3.89. The topological polar surface area (TPSA) is 61.4 Å². The molecule has 0 aliphatic carbocycles. The summed E-state index contributed by atoms with van der Waals surface area (Å²) < 4.78 is 8.83. The average Bonchev–Trinajstić information content (AvgIpc) is 3.07. The van der Waals surface area contributed by atoms with Crippen molar-refractivity contribution in [1.82, 2.24) is 19.2 Å². The number of rotatable bonds is 4. The third-order valence-corrected chi connectivity index (χ3v) is 4.26. The van der Waals surface area contributed by atoms with Crippen LogP contribution in [-0.2, 0) is 5.88 Å². The highest BCUT2D eigenvalue weighted by atomic mass is 35.5. The summed E-state index contributed by atoms with van der Waals surface area (Å²) in [7, 11) is 0. The van der Waals surface area contributed by atoms with Gasteiger partial charge in [0, 0.05) is 0 Å². The minimum Gasteiger partial charge on any atom is -0.494 e. The van der Waals surface area contributed by atoms with Crippen molar-refractivity contribution in [1.29, 1.82) is 0 Å². The number of aromatic nitrogens is 4. The molecule has 0 aliphatic rings. The zero-order valence-electron chi connectivity index (χ0n) is 13.5. The molecule has 0 unspecified atom stereocenters. The van der Waals surface area contributed by atoms with E-state index in [0.717, 1.165) is 11.3 Å². The van der Waals surface area contributed by atoms with Gasteiger partial charge in [0.05, 0.1) is 29.1 Å². The molecule has 7 heteroatoms. The van der Waals surface area contributed by atoms with Crippen LogP contribution in [0.1, 0.15) is 12.7 Å². The lowest BCUT2D eigenvalue weighted by Crippen LogP contribution is -2.22. The molecule has 4 aromatic rings. The first-order valence-corrected chi connectivity index (χ1v) is 8.45. The van der Waals surface area contributed by atoms with Gasteiger partial charge in [-0.25, -0.2) is 4.57 Å². The molecule has 0 bridgehead atoms. The quantitative estimate of drug-likeness (QED) is 0.528. The maximum absolute atomic E-state index is 13.1. The van der Waals surface area contributed by atoms with E-state index < -0.39 is 0 Å². The van der Waals surface area contributed by atoms with Crippen molar-refractivity contribution in [3.8, 4) is 11.4 Å². The van der Waals surface area contributed by atoms with Gasteiger partial charge in [0.2, 0.25) is 5.78 Å². The van der Waals surface area contributed by atoms with E-state index in [1.165, 1.54) is 0 Å². The summed E-state index contributed by atoms with van der Waals surface area (Å²) in [6.45, 7) is 2.51. The van der Waals surface area contributed by atoms with Crippen molar-refractivity contribution >= 4 is 28.3 Å². The molecular weight excluding hydrogens is 340 g/mol. The number of para-hydroxylation sites is 1. The predicted octanol–water partition coefficient (Wildman–Crippen LogP) is 3.17. The SMILES string of the molecule is CCOc1ccc(-n2c(=O)c3ccccc3n3c(CCl)nnc23)cc1. The number of hydrogen-bond donors (Lipinski definition) is 0. The van der Waals surface area contributed by atoms with E-state index in [0.29, 0.717) is 29.3 Å². The van der Waals surface area contributed by atoms with Crippen LogP contribution in [0.4, 0.5) is 0 Å². The van der Waals surface area contributed by atoms with Gasteiger partial charge in [0.25, 0.3) is 5.56 Å². The maximum atomic E-state index is 13.1. The molecule has 0 saturated carbocycles. The molecule has 25 heavy (non-hydrogen) atoms. The van der Waals surface area contributed by atoms with E-state index in [-0.39, 0.29) is 11.4 Å². The zero-order valence-corrected chi connectivity index (χ0v) is 14.3. The summed E-state index contributed by atoms with van der Waals surface area (Å²) in [5, 5.41) is 8.91. The Balaban J connectivity index is 2.07. The van der Waals surface area contributed by atoms with Gasteiger partial charge in [-0.05, 0) is 43.3 Å². The normalized spacial score (nSPS) is 11.3. The van der Waals surface area contributed by atoms with E-state index in [1.54, 1.807) is 10.6 Å². The molecule has 2 aromatic carbocycles. The van der Waals surface area contributed by atoms with Crippen LogP contribution >= 0.6 is 11.6 Å². The molecule has 0 spiro atoms. The first-order chi connectivity index (χ1) is 12.2. The Morgan fingerprint density at radius 2 is 1.84 bits per heavy atom. The third-order valence-electron chi connectivity index (χ3n) is 4.02. The molecule has 0 saturated heterocycles. The number of ether oxygens (including phenoxy) is 1. The zero-order chi connectivity index (χ0) is 17.4. The minimum atomic E-state index is -0.152. The number of hydrogen-bond acceptors (Lipinski definition) is 4. The molecule has 0 radical (unpaired) electrons. The van der Waals surface area contributed by atoms with Gasteiger partial charge in [-0.3, -0.25) is 9.20 Å². The van der Waals surface area contributed by atoms with Gasteiger partial charge in [0.15, 0.2) is 5.82 Å². The molecule has 0 amide bonds. The first-order valence-electron chi connectivity index (χ1n) is 7.91. The van der Waals surface area contributed by atoms with Gasteiger partial charge in [-0.2, -0.15) is 0 Å². The molecule has 4 rings (SSSR count). The molecular formula is C18H15ClN4O2. The number of nitrogens with zero attached hydrogens (tertiary/aromatic N) is 4. The second-order valence-electron chi connectivity index (χ2n) is 5.47. The molecule has 126 valence electrons. The average molecular weight is 355 g/mol. The fourth-order valence-electron chi connectivity index (χ4n) is 2.94. The van der Waals surface area contributed by atoms with Crippen LogP contribution in [0.2, 0.25) is 0 Å². The largest absolute Gasteiger partial charge is 0.494 e. The lowest BCUT2D eigenvalue weighted by atomic mass is 10.2. The van der Waals surface area contributed by atoms with Crippen molar-refractivity contribution in [3.63, 3.8) is 0 Å². The smallest absolute Gasteiger partial charge is 0.267 e. The molecule has 2 heterocycles. The third kappa shape index (κ3) is 2.46. The fraction of sp³-hybridized carbons (Fsp3) is 0.167. The lowest BCUT2D eigenvalue weighted by molar-refractivity contribution is 0.340. The number of halogens is 1. The number of alkyl halides is 1. The summed E-state index contributed by atoms with van der Waals surface area (Å²) in [4.78, 5) is 13.1. The monoisotopic (exact) mass is 354 g/mol. The Labute approximate surface area is 148 Å². The molecule has 2 aromatic heterocycles. The number of fused-ring (bicyclic) bond motifs is 3. The van der Waals surface area contributed by atoms with Crippen LogP contribution in [0.15, 0.2) is 53.3 Å². The van der Waals surface area contributed by atoms with E-state index in [4.69, 9.17) is 16.3 Å². The van der Waals surface area contributed by atoms with E-state index in [9.17, 15) is 4.79 Å². The summed E-state index contributed by atoms with van der Waals surface area (Å²) in [6, 6.07) is 14.7. The van der Waals surface area contributed by atoms with Gasteiger partial charge in [-0.1, -0.05) is 12.1 Å². The summed E-state index contributed by atoms with van der Waals surface area (Å²) in [6.07, 6.45) is 0. The predicted molar refractivity (Wildman–Crippen MR) is 96.8 cm³/mol. The van der Waals surface area contributed by atoms with Crippen molar-refractivity contribution in [2.45, 2.75) is 12.8 Å². The van der Waals surface area contributed by atoms with Crippen LogP contribution < -0.4 is 10.3 Å². The van der Waals surface area contributed by atoms with E-state index in [2.05, 4.69) is 10.2 Å². The summed E-state index contributed by atoms with van der Waals surface area (Å²) >= 11 is 6.01. The fourth-order valence-corrected chi connectivity index (χ4v) is 3.11. The summed E-state index contributed by atoms with van der Waals surface area (Å²) in [5.74, 6) is 1.97.